The number of rotatable bonds is 7. The standard InChI is InChI=1S/C18H31N5OS.H2/c1-3-17(24)23-10-8-21(9-11-23)13-15-14-25-18(20-15)19-12-16-6-5-7-22(16)4-2;/h14,16H,3-13H2,1-2H3,(H,19,20);1H/t16-;/m0./s1. The van der Waals surface area contributed by atoms with E-state index in [2.05, 4.69) is 27.4 Å². The predicted octanol–water partition coefficient (Wildman–Crippen LogP) is 2.34. The molecule has 2 fully saturated rings. The van der Waals surface area contributed by atoms with Gasteiger partial charge in [-0.05, 0) is 25.9 Å². The number of hydrogen-bond donors (Lipinski definition) is 1. The van der Waals surface area contributed by atoms with E-state index < -0.39 is 0 Å². The van der Waals surface area contributed by atoms with Crippen molar-refractivity contribution in [2.24, 2.45) is 0 Å². The first-order valence-corrected chi connectivity index (χ1v) is 10.5. The minimum atomic E-state index is 0. The summed E-state index contributed by atoms with van der Waals surface area (Å²) in [5, 5.41) is 6.74. The highest BCUT2D eigenvalue weighted by Crippen LogP contribution is 2.20. The summed E-state index contributed by atoms with van der Waals surface area (Å²) < 4.78 is 0. The molecule has 0 spiro atoms. The van der Waals surface area contributed by atoms with Gasteiger partial charge in [0.15, 0.2) is 5.13 Å². The number of carbonyl (C=O) groups excluding carboxylic acids is 1. The third-order valence-electron chi connectivity index (χ3n) is 5.36. The summed E-state index contributed by atoms with van der Waals surface area (Å²) in [6.07, 6.45) is 3.22. The van der Waals surface area contributed by atoms with Crippen LogP contribution in [0.25, 0.3) is 0 Å². The lowest BCUT2D eigenvalue weighted by Crippen LogP contribution is -2.48. The number of thiazole rings is 1. The van der Waals surface area contributed by atoms with Crippen LogP contribution in [-0.4, -0.2) is 77.4 Å². The summed E-state index contributed by atoms with van der Waals surface area (Å²) in [5.41, 5.74) is 1.14. The van der Waals surface area contributed by atoms with Crippen molar-refractivity contribution in [3.05, 3.63) is 11.1 Å². The number of likely N-dealkylation sites (tertiary alicyclic amines) is 1. The van der Waals surface area contributed by atoms with E-state index in [0.717, 1.165) is 56.6 Å². The van der Waals surface area contributed by atoms with Gasteiger partial charge >= 0.3 is 0 Å². The average Bonchev–Trinajstić information content (AvgIpc) is 3.28. The van der Waals surface area contributed by atoms with Crippen molar-refractivity contribution >= 4 is 22.4 Å². The Morgan fingerprint density at radius 1 is 1.32 bits per heavy atom. The molecule has 1 atom stereocenters. The molecule has 1 aromatic heterocycles. The quantitative estimate of drug-likeness (QED) is 0.802. The molecule has 7 heteroatoms. The van der Waals surface area contributed by atoms with Crippen molar-refractivity contribution in [2.45, 2.75) is 45.7 Å². The Morgan fingerprint density at radius 3 is 2.84 bits per heavy atom. The van der Waals surface area contributed by atoms with Crippen LogP contribution in [0.1, 0.15) is 40.2 Å². The molecule has 0 unspecified atom stereocenters. The van der Waals surface area contributed by atoms with Gasteiger partial charge in [0.2, 0.25) is 5.91 Å². The maximum atomic E-state index is 11.7. The molecular formula is C18H33N5OS. The maximum Gasteiger partial charge on any atom is 0.222 e. The molecule has 0 aliphatic carbocycles. The van der Waals surface area contributed by atoms with Crippen LogP contribution in [0.5, 0.6) is 0 Å². The molecule has 3 rings (SSSR count). The van der Waals surface area contributed by atoms with E-state index in [1.165, 1.54) is 19.4 Å². The van der Waals surface area contributed by atoms with Gasteiger partial charge in [-0.15, -0.1) is 11.3 Å². The van der Waals surface area contributed by atoms with Crippen molar-refractivity contribution in [2.75, 3.05) is 51.1 Å². The summed E-state index contributed by atoms with van der Waals surface area (Å²) >= 11 is 1.71. The first-order valence-electron chi connectivity index (χ1n) is 9.62. The summed E-state index contributed by atoms with van der Waals surface area (Å²) in [6.45, 7) is 12.0. The van der Waals surface area contributed by atoms with Crippen LogP contribution in [0.15, 0.2) is 5.38 Å². The zero-order chi connectivity index (χ0) is 17.6. The summed E-state index contributed by atoms with van der Waals surface area (Å²) in [5.74, 6) is 0.271. The molecule has 1 aromatic rings. The first kappa shape index (κ1) is 18.6. The number of likely N-dealkylation sites (N-methyl/N-ethyl adjacent to an activating group) is 1. The molecule has 2 aliphatic rings. The first-order chi connectivity index (χ1) is 12.2. The van der Waals surface area contributed by atoms with Crippen molar-refractivity contribution < 1.29 is 6.22 Å². The Hall–Kier alpha value is -1.18. The molecular weight excluding hydrogens is 334 g/mol. The third-order valence-corrected chi connectivity index (χ3v) is 6.21. The monoisotopic (exact) mass is 367 g/mol. The van der Waals surface area contributed by atoms with E-state index in [0.29, 0.717) is 12.5 Å². The lowest BCUT2D eigenvalue weighted by atomic mass is 10.2. The van der Waals surface area contributed by atoms with Gasteiger partial charge in [-0.2, -0.15) is 0 Å². The van der Waals surface area contributed by atoms with Gasteiger partial charge in [-0.25, -0.2) is 4.98 Å². The zero-order valence-electron chi connectivity index (χ0n) is 15.5. The SMILES string of the molecule is CCC(=O)N1CCN(Cc2csc(NC[C@@H]3CCCN3CC)n2)CC1.[HH]. The Balaban J connectivity index is 0.00000243. The smallest absolute Gasteiger partial charge is 0.222 e. The number of hydrogen-bond acceptors (Lipinski definition) is 6. The Morgan fingerprint density at radius 2 is 2.12 bits per heavy atom. The molecule has 0 radical (unpaired) electrons. The van der Waals surface area contributed by atoms with Crippen molar-refractivity contribution in [1.29, 1.82) is 0 Å². The molecule has 1 amide bonds. The topological polar surface area (TPSA) is 51.7 Å². The van der Waals surface area contributed by atoms with Gasteiger partial charge in [0.1, 0.15) is 0 Å². The number of anilines is 1. The fourth-order valence-electron chi connectivity index (χ4n) is 3.82. The van der Waals surface area contributed by atoms with E-state index in [-0.39, 0.29) is 7.33 Å². The summed E-state index contributed by atoms with van der Waals surface area (Å²) in [7, 11) is 0. The molecule has 0 aromatic carbocycles. The number of nitrogens with one attached hydrogen (secondary N) is 1. The van der Waals surface area contributed by atoms with E-state index in [1.54, 1.807) is 11.3 Å². The van der Waals surface area contributed by atoms with Crippen LogP contribution in [0.3, 0.4) is 0 Å². The van der Waals surface area contributed by atoms with Gasteiger partial charge in [-0.3, -0.25) is 14.6 Å². The highest BCUT2D eigenvalue weighted by Gasteiger charge is 2.23. The minimum Gasteiger partial charge on any atom is -0.360 e. The number of amides is 1. The number of nitrogens with zero attached hydrogens (tertiary/aromatic N) is 4. The molecule has 6 nitrogen and oxygen atoms in total. The van der Waals surface area contributed by atoms with Gasteiger partial charge in [-0.1, -0.05) is 13.8 Å². The Bertz CT molecular complexity index is 562. The fourth-order valence-corrected chi connectivity index (χ4v) is 4.53. The lowest BCUT2D eigenvalue weighted by Gasteiger charge is -2.34. The predicted molar refractivity (Wildman–Crippen MR) is 105 cm³/mol. The van der Waals surface area contributed by atoms with Crippen molar-refractivity contribution in [1.82, 2.24) is 19.7 Å². The minimum absolute atomic E-state index is 0. The second-order valence-corrected chi connectivity index (χ2v) is 7.82. The second kappa shape index (κ2) is 8.96. The fraction of sp³-hybridized carbons (Fsp3) is 0.778. The lowest BCUT2D eigenvalue weighted by molar-refractivity contribution is -0.132. The number of piperazine rings is 1. The van der Waals surface area contributed by atoms with Crippen LogP contribution < -0.4 is 5.32 Å². The largest absolute Gasteiger partial charge is 0.360 e. The highest BCUT2D eigenvalue weighted by atomic mass is 32.1. The number of aromatic nitrogens is 1. The molecule has 3 heterocycles. The van der Waals surface area contributed by atoms with E-state index >= 15 is 0 Å². The molecule has 2 saturated heterocycles. The second-order valence-electron chi connectivity index (χ2n) is 6.96. The summed E-state index contributed by atoms with van der Waals surface area (Å²) in [6, 6.07) is 0.654. The van der Waals surface area contributed by atoms with E-state index in [1.807, 2.05) is 11.8 Å². The van der Waals surface area contributed by atoms with Crippen LogP contribution >= 0.6 is 11.3 Å². The Labute approximate surface area is 156 Å². The van der Waals surface area contributed by atoms with Crippen LogP contribution in [-0.2, 0) is 11.3 Å². The molecule has 142 valence electrons. The molecule has 1 N–H and O–H groups in total. The highest BCUT2D eigenvalue weighted by molar-refractivity contribution is 7.13. The van der Waals surface area contributed by atoms with Gasteiger partial charge in [0.05, 0.1) is 5.69 Å². The van der Waals surface area contributed by atoms with Gasteiger partial charge < -0.3 is 10.2 Å². The summed E-state index contributed by atoms with van der Waals surface area (Å²) in [4.78, 5) is 23.4. The average molecular weight is 368 g/mol. The van der Waals surface area contributed by atoms with Gasteiger partial charge in [0, 0.05) is 58.5 Å². The third kappa shape index (κ3) is 4.92. The van der Waals surface area contributed by atoms with Crippen molar-refractivity contribution in [3.63, 3.8) is 0 Å². The number of carbonyl (C=O) groups is 1. The van der Waals surface area contributed by atoms with Crippen LogP contribution in [0.2, 0.25) is 0 Å². The van der Waals surface area contributed by atoms with E-state index in [9.17, 15) is 4.79 Å². The maximum absolute atomic E-state index is 11.7. The Kier molecular flexibility index (Phi) is 6.67. The molecule has 0 bridgehead atoms. The van der Waals surface area contributed by atoms with E-state index in [4.69, 9.17) is 4.98 Å². The van der Waals surface area contributed by atoms with Crippen LogP contribution in [0, 0.1) is 0 Å². The molecule has 25 heavy (non-hydrogen) atoms. The van der Waals surface area contributed by atoms with Crippen LogP contribution in [0.4, 0.5) is 5.13 Å². The molecule has 2 aliphatic heterocycles. The zero-order valence-corrected chi connectivity index (χ0v) is 16.4. The van der Waals surface area contributed by atoms with Gasteiger partial charge in [0.25, 0.3) is 0 Å². The normalized spacial score (nSPS) is 22.5. The molecule has 0 saturated carbocycles. The van der Waals surface area contributed by atoms with Crippen molar-refractivity contribution in [3.8, 4) is 0 Å².